The highest BCUT2D eigenvalue weighted by molar-refractivity contribution is 5.67. The van der Waals surface area contributed by atoms with Crippen LogP contribution in [-0.4, -0.2) is 41.9 Å². The van der Waals surface area contributed by atoms with E-state index in [-0.39, 0.29) is 18.4 Å². The van der Waals surface area contributed by atoms with Crippen molar-refractivity contribution in [2.45, 2.75) is 32.3 Å². The van der Waals surface area contributed by atoms with E-state index in [2.05, 4.69) is 0 Å². The molecule has 5 heteroatoms. The first-order chi connectivity index (χ1) is 7.69. The van der Waals surface area contributed by atoms with Crippen LogP contribution in [0.4, 0.5) is 4.79 Å². The normalized spacial score (nSPS) is 18.9. The van der Waals surface area contributed by atoms with Gasteiger partial charge < -0.3 is 14.7 Å². The fourth-order valence-electron chi connectivity index (χ4n) is 1.94. The number of nitrogens with zero attached hydrogens (tertiary/aromatic N) is 2. The minimum Gasteiger partial charge on any atom is -0.450 e. The van der Waals surface area contributed by atoms with Crippen molar-refractivity contribution in [2.75, 3.05) is 19.7 Å². The Hall–Kier alpha value is -1.28. The number of amides is 1. The maximum Gasteiger partial charge on any atom is 0.409 e. The number of nitriles is 1. The molecule has 0 aliphatic carbocycles. The van der Waals surface area contributed by atoms with Gasteiger partial charge in [0.15, 0.2) is 0 Å². The van der Waals surface area contributed by atoms with Crippen molar-refractivity contribution in [1.82, 2.24) is 4.90 Å². The lowest BCUT2D eigenvalue weighted by molar-refractivity contribution is 0.0511. The number of piperidine rings is 1. The summed E-state index contributed by atoms with van der Waals surface area (Å²) in [6.07, 6.45) is 0.804. The maximum absolute atomic E-state index is 11.4. The van der Waals surface area contributed by atoms with Gasteiger partial charge in [0.25, 0.3) is 0 Å². The van der Waals surface area contributed by atoms with E-state index in [4.69, 9.17) is 10.00 Å². The molecule has 0 aromatic carbocycles. The molecule has 0 aromatic rings. The van der Waals surface area contributed by atoms with Crippen molar-refractivity contribution in [3.05, 3.63) is 0 Å². The monoisotopic (exact) mass is 226 g/mol. The van der Waals surface area contributed by atoms with Crippen LogP contribution in [0.2, 0.25) is 0 Å². The Kier molecular flexibility index (Phi) is 5.06. The number of ether oxygens (including phenoxy) is 1. The number of carbonyl (C=O) groups is 1. The quantitative estimate of drug-likeness (QED) is 0.782. The van der Waals surface area contributed by atoms with Crippen molar-refractivity contribution in [3.63, 3.8) is 0 Å². The van der Waals surface area contributed by atoms with E-state index in [0.717, 1.165) is 12.8 Å². The van der Waals surface area contributed by atoms with E-state index in [1.165, 1.54) is 0 Å². The molecule has 1 amide bonds. The number of carbonyl (C=O) groups excluding carboxylic acids is 1. The maximum atomic E-state index is 11.4. The minimum absolute atomic E-state index is 0.130. The second-order valence-electron chi connectivity index (χ2n) is 3.95. The zero-order chi connectivity index (χ0) is 12.0. The van der Waals surface area contributed by atoms with Gasteiger partial charge in [0.2, 0.25) is 0 Å². The number of likely N-dealkylation sites (tertiary alicyclic amines) is 1. The van der Waals surface area contributed by atoms with E-state index in [0.29, 0.717) is 19.7 Å². The molecule has 16 heavy (non-hydrogen) atoms. The standard InChI is InChI=1S/C11H18N2O3/c1-2-16-11(15)13-7-4-9(5-8-13)10(14)3-6-12/h9-10,14H,2-5,7-8H2,1H3. The third-order valence-corrected chi connectivity index (χ3v) is 2.91. The van der Waals surface area contributed by atoms with Crippen LogP contribution in [-0.2, 0) is 4.74 Å². The van der Waals surface area contributed by atoms with Crippen LogP contribution >= 0.6 is 0 Å². The molecule has 1 aliphatic heterocycles. The van der Waals surface area contributed by atoms with Crippen molar-refractivity contribution < 1.29 is 14.6 Å². The van der Waals surface area contributed by atoms with Crippen molar-refractivity contribution in [1.29, 1.82) is 5.26 Å². The van der Waals surface area contributed by atoms with Crippen molar-refractivity contribution >= 4 is 6.09 Å². The highest BCUT2D eigenvalue weighted by Gasteiger charge is 2.27. The van der Waals surface area contributed by atoms with Gasteiger partial charge in [-0.3, -0.25) is 0 Å². The Morgan fingerprint density at radius 2 is 2.25 bits per heavy atom. The molecule has 1 aliphatic rings. The second kappa shape index (κ2) is 6.33. The van der Waals surface area contributed by atoms with Gasteiger partial charge in [0.05, 0.1) is 25.2 Å². The topological polar surface area (TPSA) is 73.6 Å². The smallest absolute Gasteiger partial charge is 0.409 e. The van der Waals surface area contributed by atoms with Gasteiger partial charge in [-0.1, -0.05) is 0 Å². The molecule has 0 saturated carbocycles. The molecular formula is C11H18N2O3. The molecule has 0 radical (unpaired) electrons. The largest absolute Gasteiger partial charge is 0.450 e. The molecule has 0 bridgehead atoms. The predicted octanol–water partition coefficient (Wildman–Crippen LogP) is 1.13. The number of hydrogen-bond acceptors (Lipinski definition) is 4. The fraction of sp³-hybridized carbons (Fsp3) is 0.818. The van der Waals surface area contributed by atoms with Gasteiger partial charge in [-0.05, 0) is 25.7 Å². The molecular weight excluding hydrogens is 208 g/mol. The summed E-state index contributed by atoms with van der Waals surface area (Å²) in [6.45, 7) is 3.37. The molecule has 1 heterocycles. The number of aliphatic hydroxyl groups is 1. The van der Waals surface area contributed by atoms with E-state index < -0.39 is 6.10 Å². The number of hydrogen-bond donors (Lipinski definition) is 1. The minimum atomic E-state index is -0.561. The Labute approximate surface area is 95.6 Å². The molecule has 1 unspecified atom stereocenters. The Balaban J connectivity index is 2.34. The summed E-state index contributed by atoms with van der Waals surface area (Å²) in [5.74, 6) is 0.130. The Bertz CT molecular complexity index is 267. The van der Waals surface area contributed by atoms with Crippen LogP contribution in [0, 0.1) is 17.2 Å². The summed E-state index contributed by atoms with van der Waals surface area (Å²) >= 11 is 0. The van der Waals surface area contributed by atoms with Gasteiger partial charge in [-0.15, -0.1) is 0 Å². The first-order valence-corrected chi connectivity index (χ1v) is 5.65. The highest BCUT2D eigenvalue weighted by Crippen LogP contribution is 2.22. The van der Waals surface area contributed by atoms with Crippen LogP contribution < -0.4 is 0 Å². The Morgan fingerprint density at radius 3 is 2.75 bits per heavy atom. The van der Waals surface area contributed by atoms with Gasteiger partial charge in [-0.25, -0.2) is 4.79 Å². The Morgan fingerprint density at radius 1 is 1.62 bits per heavy atom. The molecule has 1 rings (SSSR count). The summed E-state index contributed by atoms with van der Waals surface area (Å²) in [5, 5.41) is 18.1. The van der Waals surface area contributed by atoms with E-state index in [1.807, 2.05) is 6.07 Å². The van der Waals surface area contributed by atoms with Crippen LogP contribution in [0.25, 0.3) is 0 Å². The van der Waals surface area contributed by atoms with E-state index in [9.17, 15) is 9.90 Å². The zero-order valence-corrected chi connectivity index (χ0v) is 9.56. The molecule has 0 aromatic heterocycles. The summed E-state index contributed by atoms with van der Waals surface area (Å²) in [4.78, 5) is 13.0. The molecule has 1 atom stereocenters. The summed E-state index contributed by atoms with van der Waals surface area (Å²) in [7, 11) is 0. The SMILES string of the molecule is CCOC(=O)N1CCC(C(O)CC#N)CC1. The fourth-order valence-corrected chi connectivity index (χ4v) is 1.94. The molecule has 90 valence electrons. The zero-order valence-electron chi connectivity index (χ0n) is 9.56. The molecule has 5 nitrogen and oxygen atoms in total. The second-order valence-corrected chi connectivity index (χ2v) is 3.95. The first kappa shape index (κ1) is 12.8. The summed E-state index contributed by atoms with van der Waals surface area (Å²) in [6, 6.07) is 1.96. The van der Waals surface area contributed by atoms with Crippen LogP contribution in [0.15, 0.2) is 0 Å². The van der Waals surface area contributed by atoms with Crippen molar-refractivity contribution in [2.24, 2.45) is 5.92 Å². The lowest BCUT2D eigenvalue weighted by Crippen LogP contribution is -2.41. The summed E-state index contributed by atoms with van der Waals surface area (Å²) < 4.78 is 4.90. The molecule has 1 fully saturated rings. The summed E-state index contributed by atoms with van der Waals surface area (Å²) in [5.41, 5.74) is 0. The van der Waals surface area contributed by atoms with E-state index >= 15 is 0 Å². The highest BCUT2D eigenvalue weighted by atomic mass is 16.6. The molecule has 0 spiro atoms. The third kappa shape index (κ3) is 3.38. The third-order valence-electron chi connectivity index (χ3n) is 2.91. The van der Waals surface area contributed by atoms with Gasteiger partial charge in [0, 0.05) is 13.1 Å². The van der Waals surface area contributed by atoms with E-state index in [1.54, 1.807) is 11.8 Å². The molecule has 1 saturated heterocycles. The van der Waals surface area contributed by atoms with Crippen LogP contribution in [0.1, 0.15) is 26.2 Å². The number of aliphatic hydroxyl groups excluding tert-OH is 1. The van der Waals surface area contributed by atoms with Crippen LogP contribution in [0.5, 0.6) is 0 Å². The van der Waals surface area contributed by atoms with Gasteiger partial charge in [0.1, 0.15) is 0 Å². The predicted molar refractivity (Wildman–Crippen MR) is 57.6 cm³/mol. The van der Waals surface area contributed by atoms with Gasteiger partial charge in [-0.2, -0.15) is 5.26 Å². The lowest BCUT2D eigenvalue weighted by atomic mass is 9.90. The average Bonchev–Trinajstić information content (AvgIpc) is 2.30. The first-order valence-electron chi connectivity index (χ1n) is 5.65. The van der Waals surface area contributed by atoms with Gasteiger partial charge >= 0.3 is 6.09 Å². The molecule has 1 N–H and O–H groups in total. The average molecular weight is 226 g/mol. The lowest BCUT2D eigenvalue weighted by Gasteiger charge is -2.32. The van der Waals surface area contributed by atoms with Crippen LogP contribution in [0.3, 0.4) is 0 Å². The van der Waals surface area contributed by atoms with Crippen molar-refractivity contribution in [3.8, 4) is 6.07 Å². The number of rotatable bonds is 3.